The highest BCUT2D eigenvalue weighted by Crippen LogP contribution is 2.30. The van der Waals surface area contributed by atoms with E-state index in [-0.39, 0.29) is 6.04 Å². The van der Waals surface area contributed by atoms with Crippen LogP contribution in [0.4, 0.5) is 0 Å². The smallest absolute Gasteiger partial charge is 0.0671 e. The highest BCUT2D eigenvalue weighted by Gasteiger charge is 2.12. The number of halogens is 1. The molecule has 3 nitrogen and oxygen atoms in total. The summed E-state index contributed by atoms with van der Waals surface area (Å²) < 4.78 is 1.83. The normalized spacial score (nSPS) is 12.7. The second kappa shape index (κ2) is 5.76. The van der Waals surface area contributed by atoms with Gasteiger partial charge in [-0.15, -0.1) is 0 Å². The summed E-state index contributed by atoms with van der Waals surface area (Å²) >= 11 is 6.40. The number of aryl methyl sites for hydroxylation is 2. The Kier molecular flexibility index (Phi) is 4.27. The quantitative estimate of drug-likeness (QED) is 0.923. The van der Waals surface area contributed by atoms with Crippen LogP contribution in [-0.2, 0) is 7.05 Å². The maximum Gasteiger partial charge on any atom is 0.0671 e. The van der Waals surface area contributed by atoms with Gasteiger partial charge in [0.2, 0.25) is 0 Å². The first-order valence-corrected chi connectivity index (χ1v) is 6.94. The molecule has 102 valence electrons. The molecule has 0 fully saturated rings. The van der Waals surface area contributed by atoms with Crippen LogP contribution in [0.5, 0.6) is 0 Å². The summed E-state index contributed by atoms with van der Waals surface area (Å²) in [6, 6.07) is 6.49. The van der Waals surface area contributed by atoms with E-state index in [9.17, 15) is 0 Å². The largest absolute Gasteiger partial charge is 0.310 e. The van der Waals surface area contributed by atoms with Crippen molar-refractivity contribution in [3.63, 3.8) is 0 Å². The molecule has 0 aliphatic heterocycles. The molecule has 1 N–H and O–H groups in total. The zero-order valence-electron chi connectivity index (χ0n) is 11.9. The van der Waals surface area contributed by atoms with Crippen LogP contribution in [0.15, 0.2) is 24.4 Å². The van der Waals surface area contributed by atoms with Crippen molar-refractivity contribution in [2.75, 3.05) is 6.54 Å². The van der Waals surface area contributed by atoms with Gasteiger partial charge in [-0.05, 0) is 37.6 Å². The highest BCUT2D eigenvalue weighted by atomic mass is 35.5. The molecule has 2 rings (SSSR count). The van der Waals surface area contributed by atoms with E-state index in [0.29, 0.717) is 0 Å². The van der Waals surface area contributed by atoms with E-state index in [0.717, 1.165) is 34.0 Å². The molecule has 2 aromatic rings. The summed E-state index contributed by atoms with van der Waals surface area (Å²) in [6.07, 6.45) is 2.02. The number of hydrogen-bond donors (Lipinski definition) is 1. The third-order valence-electron chi connectivity index (χ3n) is 3.30. The number of benzene rings is 1. The van der Waals surface area contributed by atoms with E-state index in [2.05, 4.69) is 36.4 Å². The first-order valence-electron chi connectivity index (χ1n) is 6.56. The lowest BCUT2D eigenvalue weighted by atomic mass is 10.0. The van der Waals surface area contributed by atoms with Gasteiger partial charge in [0.05, 0.1) is 5.69 Å². The monoisotopic (exact) mass is 277 g/mol. The Morgan fingerprint density at radius 3 is 2.68 bits per heavy atom. The zero-order valence-corrected chi connectivity index (χ0v) is 12.6. The first kappa shape index (κ1) is 14.1. The Balaban J connectivity index is 2.36. The van der Waals surface area contributed by atoms with E-state index < -0.39 is 0 Å². The number of aromatic nitrogens is 2. The van der Waals surface area contributed by atoms with Crippen LogP contribution in [0.2, 0.25) is 5.02 Å². The summed E-state index contributed by atoms with van der Waals surface area (Å²) in [5, 5.41) is 8.54. The number of nitrogens with zero attached hydrogens (tertiary/aromatic N) is 2. The van der Waals surface area contributed by atoms with Crippen molar-refractivity contribution in [1.29, 1.82) is 0 Å². The Morgan fingerprint density at radius 1 is 1.42 bits per heavy atom. The van der Waals surface area contributed by atoms with Crippen LogP contribution in [0, 0.1) is 6.92 Å². The minimum atomic E-state index is 0.265. The van der Waals surface area contributed by atoms with Crippen molar-refractivity contribution in [2.24, 2.45) is 7.05 Å². The van der Waals surface area contributed by atoms with Crippen LogP contribution < -0.4 is 5.32 Å². The lowest BCUT2D eigenvalue weighted by Crippen LogP contribution is -2.17. The van der Waals surface area contributed by atoms with E-state index in [1.165, 1.54) is 0 Å². The maximum atomic E-state index is 6.40. The van der Waals surface area contributed by atoms with Gasteiger partial charge in [-0.2, -0.15) is 5.10 Å². The Bertz CT molecular complexity index is 575. The zero-order chi connectivity index (χ0) is 14.0. The molecule has 1 atom stereocenters. The molecule has 4 heteroatoms. The van der Waals surface area contributed by atoms with Crippen LogP contribution in [0.25, 0.3) is 11.1 Å². The molecule has 1 heterocycles. The standard InChI is InChI=1S/C15H20ClN3/c1-5-17-10(2)13-7-6-12(8-15(13)16)14-9-19(4)18-11(14)3/h6-10,17H,5H2,1-4H3. The molecule has 0 saturated heterocycles. The van der Waals surface area contributed by atoms with Crippen molar-refractivity contribution in [3.8, 4) is 11.1 Å². The molecule has 1 aromatic carbocycles. The fourth-order valence-corrected chi connectivity index (χ4v) is 2.69. The van der Waals surface area contributed by atoms with Gasteiger partial charge in [0.25, 0.3) is 0 Å². The molecule has 19 heavy (non-hydrogen) atoms. The van der Waals surface area contributed by atoms with Gasteiger partial charge in [0.1, 0.15) is 0 Å². The molecule has 0 bridgehead atoms. The molecule has 0 radical (unpaired) electrons. The van der Waals surface area contributed by atoms with Crippen molar-refractivity contribution < 1.29 is 0 Å². The summed E-state index contributed by atoms with van der Waals surface area (Å²) in [4.78, 5) is 0. The summed E-state index contributed by atoms with van der Waals surface area (Å²) in [7, 11) is 1.93. The van der Waals surface area contributed by atoms with Crippen molar-refractivity contribution in [1.82, 2.24) is 15.1 Å². The fraction of sp³-hybridized carbons (Fsp3) is 0.400. The third-order valence-corrected chi connectivity index (χ3v) is 3.63. The molecular weight excluding hydrogens is 258 g/mol. The lowest BCUT2D eigenvalue weighted by Gasteiger charge is -2.15. The SMILES string of the molecule is CCNC(C)c1ccc(-c2cn(C)nc2C)cc1Cl. The number of hydrogen-bond acceptors (Lipinski definition) is 2. The molecule has 0 spiro atoms. The minimum Gasteiger partial charge on any atom is -0.310 e. The average molecular weight is 278 g/mol. The molecule has 0 amide bonds. The number of rotatable bonds is 4. The van der Waals surface area contributed by atoms with Gasteiger partial charge in [-0.1, -0.05) is 30.7 Å². The minimum absolute atomic E-state index is 0.265. The van der Waals surface area contributed by atoms with E-state index in [1.807, 2.05) is 30.9 Å². The highest BCUT2D eigenvalue weighted by molar-refractivity contribution is 6.31. The van der Waals surface area contributed by atoms with Gasteiger partial charge in [-0.3, -0.25) is 4.68 Å². The molecule has 0 aliphatic rings. The number of nitrogens with one attached hydrogen (secondary N) is 1. The molecule has 1 aromatic heterocycles. The van der Waals surface area contributed by atoms with Crippen LogP contribution in [0.1, 0.15) is 31.1 Å². The topological polar surface area (TPSA) is 29.9 Å². The summed E-state index contributed by atoms with van der Waals surface area (Å²) in [6.45, 7) is 7.16. The lowest BCUT2D eigenvalue weighted by molar-refractivity contribution is 0.598. The molecular formula is C15H20ClN3. The van der Waals surface area contributed by atoms with Crippen molar-refractivity contribution in [2.45, 2.75) is 26.8 Å². The predicted molar refractivity (Wildman–Crippen MR) is 80.5 cm³/mol. The van der Waals surface area contributed by atoms with Crippen molar-refractivity contribution >= 4 is 11.6 Å². The van der Waals surface area contributed by atoms with Crippen molar-refractivity contribution in [3.05, 3.63) is 40.7 Å². The molecule has 1 unspecified atom stereocenters. The van der Waals surface area contributed by atoms with Gasteiger partial charge in [-0.25, -0.2) is 0 Å². The van der Waals surface area contributed by atoms with Crippen LogP contribution in [0.3, 0.4) is 0 Å². The average Bonchev–Trinajstić information content (AvgIpc) is 2.68. The fourth-order valence-electron chi connectivity index (χ4n) is 2.34. The third kappa shape index (κ3) is 2.99. The predicted octanol–water partition coefficient (Wildman–Crippen LogP) is 3.72. The Hall–Kier alpha value is -1.32. The maximum absolute atomic E-state index is 6.40. The van der Waals surface area contributed by atoms with Crippen LogP contribution in [-0.4, -0.2) is 16.3 Å². The summed E-state index contributed by atoms with van der Waals surface area (Å²) in [5.74, 6) is 0. The van der Waals surface area contributed by atoms with E-state index in [4.69, 9.17) is 11.6 Å². The van der Waals surface area contributed by atoms with Gasteiger partial charge >= 0.3 is 0 Å². The summed E-state index contributed by atoms with van der Waals surface area (Å²) in [5.41, 5.74) is 4.40. The van der Waals surface area contributed by atoms with Gasteiger partial charge in [0.15, 0.2) is 0 Å². The van der Waals surface area contributed by atoms with Crippen LogP contribution >= 0.6 is 11.6 Å². The van der Waals surface area contributed by atoms with E-state index >= 15 is 0 Å². The Morgan fingerprint density at radius 2 is 2.16 bits per heavy atom. The molecule has 0 saturated carbocycles. The first-order chi connectivity index (χ1) is 9.02. The second-order valence-corrected chi connectivity index (χ2v) is 5.22. The Labute approximate surface area is 119 Å². The molecule has 0 aliphatic carbocycles. The van der Waals surface area contributed by atoms with E-state index in [1.54, 1.807) is 0 Å². The van der Waals surface area contributed by atoms with Gasteiger partial charge in [0, 0.05) is 29.9 Å². The van der Waals surface area contributed by atoms with Gasteiger partial charge < -0.3 is 5.32 Å². The second-order valence-electron chi connectivity index (χ2n) is 4.82.